The summed E-state index contributed by atoms with van der Waals surface area (Å²) >= 11 is 0. The molecular formula is C24H29F3N4O2. The molecule has 2 heterocycles. The van der Waals surface area contributed by atoms with Gasteiger partial charge < -0.3 is 15.5 Å². The van der Waals surface area contributed by atoms with E-state index in [0.717, 1.165) is 17.8 Å². The number of piperidine rings is 1. The Morgan fingerprint density at radius 1 is 1.00 bits per heavy atom. The molecule has 1 fully saturated rings. The summed E-state index contributed by atoms with van der Waals surface area (Å²) in [6.45, 7) is 7.29. The zero-order chi connectivity index (χ0) is 24.2. The first-order valence-corrected chi connectivity index (χ1v) is 10.9. The van der Waals surface area contributed by atoms with Crippen molar-refractivity contribution < 1.29 is 22.8 Å². The standard InChI is InChI=1S/C24H29F3N4O2/c1-23(2,3)17-6-4-16(5-7-17)22(33)29-15-21(32)30-19-10-12-31(13-11-19)20-9-8-18(14-28-20)24(25,26)27/h4-9,14,19H,10-13,15H2,1-3H3,(H,29,33)(H,30,32). The van der Waals surface area contributed by atoms with Crippen molar-refractivity contribution in [3.05, 3.63) is 59.3 Å². The highest BCUT2D eigenvalue weighted by molar-refractivity contribution is 5.96. The fourth-order valence-electron chi connectivity index (χ4n) is 3.66. The minimum Gasteiger partial charge on any atom is -0.356 e. The average molecular weight is 463 g/mol. The summed E-state index contributed by atoms with van der Waals surface area (Å²) in [7, 11) is 0. The highest BCUT2D eigenvalue weighted by Gasteiger charge is 2.31. The van der Waals surface area contributed by atoms with Crippen LogP contribution in [0.3, 0.4) is 0 Å². The van der Waals surface area contributed by atoms with Crippen LogP contribution in [-0.4, -0.2) is 42.5 Å². The molecule has 0 atom stereocenters. The maximum atomic E-state index is 12.7. The predicted molar refractivity (Wildman–Crippen MR) is 120 cm³/mol. The molecule has 1 aromatic heterocycles. The van der Waals surface area contributed by atoms with E-state index in [9.17, 15) is 22.8 Å². The van der Waals surface area contributed by atoms with E-state index in [2.05, 4.69) is 36.4 Å². The van der Waals surface area contributed by atoms with Gasteiger partial charge >= 0.3 is 6.18 Å². The normalized spacial score (nSPS) is 15.3. The molecule has 0 aliphatic carbocycles. The van der Waals surface area contributed by atoms with Gasteiger partial charge in [-0.1, -0.05) is 32.9 Å². The lowest BCUT2D eigenvalue weighted by Gasteiger charge is -2.33. The number of carbonyl (C=O) groups excluding carboxylic acids is 2. The van der Waals surface area contributed by atoms with E-state index in [1.165, 1.54) is 6.07 Å². The Hall–Kier alpha value is -3.10. The zero-order valence-corrected chi connectivity index (χ0v) is 19.0. The Bertz CT molecular complexity index is 959. The van der Waals surface area contributed by atoms with Crippen molar-refractivity contribution in [2.24, 2.45) is 0 Å². The number of hydrogen-bond acceptors (Lipinski definition) is 4. The van der Waals surface area contributed by atoms with Crippen molar-refractivity contribution >= 4 is 17.6 Å². The molecule has 2 N–H and O–H groups in total. The van der Waals surface area contributed by atoms with Gasteiger partial charge in [0.15, 0.2) is 0 Å². The number of nitrogens with one attached hydrogen (secondary N) is 2. The molecule has 2 aromatic rings. The van der Waals surface area contributed by atoms with Gasteiger partial charge in [0.2, 0.25) is 5.91 Å². The second-order valence-corrected chi connectivity index (χ2v) is 9.24. The number of carbonyl (C=O) groups is 2. The number of halogens is 3. The number of benzene rings is 1. The molecule has 9 heteroatoms. The third-order valence-electron chi connectivity index (χ3n) is 5.68. The Morgan fingerprint density at radius 2 is 1.61 bits per heavy atom. The highest BCUT2D eigenvalue weighted by Crippen LogP contribution is 2.29. The van der Waals surface area contributed by atoms with Gasteiger partial charge in [-0.15, -0.1) is 0 Å². The maximum absolute atomic E-state index is 12.7. The van der Waals surface area contributed by atoms with Gasteiger partial charge in [0, 0.05) is 30.9 Å². The van der Waals surface area contributed by atoms with Gasteiger partial charge in [-0.25, -0.2) is 4.98 Å². The Balaban J connectivity index is 1.42. The number of pyridine rings is 1. The molecule has 3 rings (SSSR count). The van der Waals surface area contributed by atoms with Crippen molar-refractivity contribution in [1.29, 1.82) is 0 Å². The Morgan fingerprint density at radius 3 is 2.12 bits per heavy atom. The molecule has 0 radical (unpaired) electrons. The molecule has 1 aliphatic rings. The number of aromatic nitrogens is 1. The van der Waals surface area contributed by atoms with E-state index < -0.39 is 11.7 Å². The summed E-state index contributed by atoms with van der Waals surface area (Å²) in [5, 5.41) is 5.54. The fourth-order valence-corrected chi connectivity index (χ4v) is 3.66. The number of alkyl halides is 3. The number of amides is 2. The van der Waals surface area contributed by atoms with Crippen molar-refractivity contribution in [3.8, 4) is 0 Å². The molecule has 1 aliphatic heterocycles. The SMILES string of the molecule is CC(C)(C)c1ccc(C(=O)NCC(=O)NC2CCN(c3ccc(C(F)(F)F)cn3)CC2)cc1. The Labute approximate surface area is 191 Å². The number of anilines is 1. The average Bonchev–Trinajstić information content (AvgIpc) is 2.77. The molecule has 1 saturated heterocycles. The van der Waals surface area contributed by atoms with E-state index in [4.69, 9.17) is 0 Å². The molecule has 2 amide bonds. The largest absolute Gasteiger partial charge is 0.417 e. The Kier molecular flexibility index (Phi) is 7.29. The van der Waals surface area contributed by atoms with Crippen LogP contribution in [0, 0.1) is 0 Å². The number of rotatable bonds is 5. The van der Waals surface area contributed by atoms with Crippen LogP contribution in [0.2, 0.25) is 0 Å². The van der Waals surface area contributed by atoms with Crippen LogP contribution in [0.25, 0.3) is 0 Å². The number of nitrogens with zero attached hydrogens (tertiary/aromatic N) is 2. The van der Waals surface area contributed by atoms with E-state index >= 15 is 0 Å². The predicted octanol–water partition coefficient (Wildman–Crippen LogP) is 3.91. The lowest BCUT2D eigenvalue weighted by Crippen LogP contribution is -2.47. The van der Waals surface area contributed by atoms with Gasteiger partial charge in [0.25, 0.3) is 5.91 Å². The van der Waals surface area contributed by atoms with Crippen molar-refractivity contribution in [1.82, 2.24) is 15.6 Å². The smallest absolute Gasteiger partial charge is 0.356 e. The van der Waals surface area contributed by atoms with E-state index in [0.29, 0.717) is 37.3 Å². The molecule has 0 spiro atoms. The van der Waals surface area contributed by atoms with Crippen LogP contribution >= 0.6 is 0 Å². The third kappa shape index (κ3) is 6.69. The molecule has 0 bridgehead atoms. The second kappa shape index (κ2) is 9.80. The molecule has 0 saturated carbocycles. The first-order valence-electron chi connectivity index (χ1n) is 10.9. The van der Waals surface area contributed by atoms with Gasteiger partial charge in [0.05, 0.1) is 12.1 Å². The first kappa shape index (κ1) is 24.5. The minimum atomic E-state index is -4.41. The summed E-state index contributed by atoms with van der Waals surface area (Å²) in [6, 6.07) is 9.65. The summed E-state index contributed by atoms with van der Waals surface area (Å²) in [6.07, 6.45) is -2.30. The van der Waals surface area contributed by atoms with Gasteiger partial charge in [0.1, 0.15) is 5.82 Å². The van der Waals surface area contributed by atoms with Crippen molar-refractivity contribution in [2.75, 3.05) is 24.5 Å². The van der Waals surface area contributed by atoms with Crippen LogP contribution in [0.5, 0.6) is 0 Å². The van der Waals surface area contributed by atoms with E-state index in [1.54, 1.807) is 12.1 Å². The van der Waals surface area contributed by atoms with Gasteiger partial charge in [-0.2, -0.15) is 13.2 Å². The van der Waals surface area contributed by atoms with Crippen LogP contribution in [0.4, 0.5) is 19.0 Å². The van der Waals surface area contributed by atoms with Crippen LogP contribution in [-0.2, 0) is 16.4 Å². The summed E-state index contributed by atoms with van der Waals surface area (Å²) in [5.41, 5.74) is 0.830. The maximum Gasteiger partial charge on any atom is 0.417 e. The van der Waals surface area contributed by atoms with Crippen LogP contribution in [0.15, 0.2) is 42.6 Å². The molecular weight excluding hydrogens is 433 g/mol. The fraction of sp³-hybridized carbons (Fsp3) is 0.458. The van der Waals surface area contributed by atoms with Gasteiger partial charge in [-0.3, -0.25) is 9.59 Å². The first-order chi connectivity index (χ1) is 15.4. The lowest BCUT2D eigenvalue weighted by atomic mass is 9.87. The van der Waals surface area contributed by atoms with E-state index in [-0.39, 0.29) is 29.8 Å². The minimum absolute atomic E-state index is 0.00690. The van der Waals surface area contributed by atoms with E-state index in [1.807, 2.05) is 17.0 Å². The molecule has 0 unspecified atom stereocenters. The highest BCUT2D eigenvalue weighted by atomic mass is 19.4. The lowest BCUT2D eigenvalue weighted by molar-refractivity contribution is -0.137. The number of hydrogen-bond donors (Lipinski definition) is 2. The summed E-state index contributed by atoms with van der Waals surface area (Å²) in [5.74, 6) is -0.105. The molecule has 178 valence electrons. The molecule has 1 aromatic carbocycles. The van der Waals surface area contributed by atoms with Crippen LogP contribution < -0.4 is 15.5 Å². The van der Waals surface area contributed by atoms with Gasteiger partial charge in [-0.05, 0) is 48.1 Å². The zero-order valence-electron chi connectivity index (χ0n) is 19.0. The summed E-state index contributed by atoms with van der Waals surface area (Å²) in [4.78, 5) is 30.4. The summed E-state index contributed by atoms with van der Waals surface area (Å²) < 4.78 is 38.0. The quantitative estimate of drug-likeness (QED) is 0.707. The topological polar surface area (TPSA) is 74.3 Å². The molecule has 6 nitrogen and oxygen atoms in total. The van der Waals surface area contributed by atoms with Crippen molar-refractivity contribution in [2.45, 2.75) is 51.2 Å². The molecule has 33 heavy (non-hydrogen) atoms. The van der Waals surface area contributed by atoms with Crippen LogP contribution in [0.1, 0.15) is 55.1 Å². The van der Waals surface area contributed by atoms with Crippen molar-refractivity contribution in [3.63, 3.8) is 0 Å². The second-order valence-electron chi connectivity index (χ2n) is 9.24. The third-order valence-corrected chi connectivity index (χ3v) is 5.68. The monoisotopic (exact) mass is 462 g/mol.